The molecule has 1 fully saturated rings. The van der Waals surface area contributed by atoms with Gasteiger partial charge in [0.25, 0.3) is 0 Å². The number of nitrogens with zero attached hydrogens (tertiary/aromatic N) is 2. The van der Waals surface area contributed by atoms with Crippen molar-refractivity contribution in [1.29, 1.82) is 0 Å². The monoisotopic (exact) mass is 295 g/mol. The summed E-state index contributed by atoms with van der Waals surface area (Å²) >= 11 is 1.55. The fourth-order valence-corrected chi connectivity index (χ4v) is 3.75. The van der Waals surface area contributed by atoms with E-state index in [9.17, 15) is 4.79 Å². The Labute approximate surface area is 125 Å². The molecule has 0 saturated heterocycles. The zero-order valence-electron chi connectivity index (χ0n) is 12.5. The SMILES string of the molecule is CCN(C(C)=O)c1nc(CNCCC2CCCC2)cs1. The van der Waals surface area contributed by atoms with E-state index in [4.69, 9.17) is 0 Å². The molecular formula is C15H25N3OS. The molecule has 0 unspecified atom stereocenters. The van der Waals surface area contributed by atoms with Crippen LogP contribution in [0.4, 0.5) is 5.13 Å². The molecule has 1 saturated carbocycles. The van der Waals surface area contributed by atoms with Crippen molar-refractivity contribution in [2.24, 2.45) is 5.92 Å². The summed E-state index contributed by atoms with van der Waals surface area (Å²) in [7, 11) is 0. The Hall–Kier alpha value is -0.940. The number of hydrogen-bond donors (Lipinski definition) is 1. The largest absolute Gasteiger partial charge is 0.311 e. The summed E-state index contributed by atoms with van der Waals surface area (Å²) in [5.41, 5.74) is 1.04. The summed E-state index contributed by atoms with van der Waals surface area (Å²) in [6.45, 7) is 6.12. The summed E-state index contributed by atoms with van der Waals surface area (Å²) in [6, 6.07) is 0. The van der Waals surface area contributed by atoms with E-state index in [0.29, 0.717) is 6.54 Å². The van der Waals surface area contributed by atoms with E-state index in [0.717, 1.165) is 29.8 Å². The topological polar surface area (TPSA) is 45.2 Å². The number of thiazole rings is 1. The molecule has 0 aromatic carbocycles. The van der Waals surface area contributed by atoms with Gasteiger partial charge in [0, 0.05) is 25.4 Å². The van der Waals surface area contributed by atoms with E-state index in [-0.39, 0.29) is 5.91 Å². The molecule has 20 heavy (non-hydrogen) atoms. The van der Waals surface area contributed by atoms with Crippen molar-refractivity contribution in [1.82, 2.24) is 10.3 Å². The lowest BCUT2D eigenvalue weighted by Gasteiger charge is -2.14. The third kappa shape index (κ3) is 4.28. The highest BCUT2D eigenvalue weighted by Gasteiger charge is 2.15. The number of rotatable bonds is 7. The first-order valence-corrected chi connectivity index (χ1v) is 8.52. The van der Waals surface area contributed by atoms with Crippen molar-refractivity contribution < 1.29 is 4.79 Å². The number of hydrogen-bond acceptors (Lipinski definition) is 4. The predicted molar refractivity (Wildman–Crippen MR) is 84.1 cm³/mol. The van der Waals surface area contributed by atoms with Crippen molar-refractivity contribution in [2.45, 2.75) is 52.5 Å². The van der Waals surface area contributed by atoms with Crippen LogP contribution in [0.25, 0.3) is 0 Å². The first kappa shape index (κ1) is 15.4. The second-order valence-corrected chi connectivity index (χ2v) is 6.34. The lowest BCUT2D eigenvalue weighted by Crippen LogP contribution is -2.27. The molecule has 0 spiro atoms. The van der Waals surface area contributed by atoms with Gasteiger partial charge in [-0.1, -0.05) is 25.7 Å². The maximum atomic E-state index is 11.5. The molecule has 1 N–H and O–H groups in total. The Morgan fingerprint density at radius 3 is 2.90 bits per heavy atom. The number of anilines is 1. The Kier molecular flexibility index (Phi) is 5.98. The highest BCUT2D eigenvalue weighted by molar-refractivity contribution is 7.14. The standard InChI is InChI=1S/C15H25N3OS/c1-3-18(12(2)19)15-17-14(11-20-15)10-16-9-8-13-6-4-5-7-13/h11,13,16H,3-10H2,1-2H3. The number of aromatic nitrogens is 1. The zero-order valence-corrected chi connectivity index (χ0v) is 13.3. The molecule has 1 aromatic heterocycles. The fourth-order valence-electron chi connectivity index (χ4n) is 2.82. The van der Waals surface area contributed by atoms with Crippen molar-refractivity contribution in [3.63, 3.8) is 0 Å². The molecular weight excluding hydrogens is 270 g/mol. The maximum absolute atomic E-state index is 11.5. The third-order valence-corrected chi connectivity index (χ3v) is 4.89. The van der Waals surface area contributed by atoms with Gasteiger partial charge < -0.3 is 5.32 Å². The molecule has 0 bridgehead atoms. The van der Waals surface area contributed by atoms with Gasteiger partial charge in [-0.3, -0.25) is 9.69 Å². The summed E-state index contributed by atoms with van der Waals surface area (Å²) in [6.07, 6.45) is 6.93. The molecule has 1 heterocycles. The summed E-state index contributed by atoms with van der Waals surface area (Å²) in [5.74, 6) is 0.990. The van der Waals surface area contributed by atoms with Crippen molar-refractivity contribution in [3.05, 3.63) is 11.1 Å². The molecule has 5 heteroatoms. The molecule has 4 nitrogen and oxygen atoms in total. The number of amides is 1. The minimum Gasteiger partial charge on any atom is -0.311 e. The average Bonchev–Trinajstić information content (AvgIpc) is 3.06. The minimum absolute atomic E-state index is 0.0580. The van der Waals surface area contributed by atoms with Crippen molar-refractivity contribution in [2.75, 3.05) is 18.0 Å². The molecule has 1 aliphatic carbocycles. The second-order valence-electron chi connectivity index (χ2n) is 5.50. The van der Waals surface area contributed by atoms with E-state index < -0.39 is 0 Å². The Morgan fingerprint density at radius 2 is 2.25 bits per heavy atom. The number of carbonyl (C=O) groups is 1. The van der Waals surface area contributed by atoms with Gasteiger partial charge in [-0.2, -0.15) is 0 Å². The summed E-state index contributed by atoms with van der Waals surface area (Å²) < 4.78 is 0. The maximum Gasteiger partial charge on any atom is 0.225 e. The molecule has 2 rings (SSSR count). The Bertz CT molecular complexity index is 427. The number of nitrogens with one attached hydrogen (secondary N) is 1. The smallest absolute Gasteiger partial charge is 0.225 e. The van der Waals surface area contributed by atoms with Crippen LogP contribution in [0.5, 0.6) is 0 Å². The molecule has 112 valence electrons. The quantitative estimate of drug-likeness (QED) is 0.786. The zero-order chi connectivity index (χ0) is 14.4. The van der Waals surface area contributed by atoms with Gasteiger partial charge in [-0.05, 0) is 25.8 Å². The van der Waals surface area contributed by atoms with Gasteiger partial charge in [0.05, 0.1) is 5.69 Å². The molecule has 0 atom stereocenters. The van der Waals surface area contributed by atoms with E-state index >= 15 is 0 Å². The minimum atomic E-state index is 0.0580. The van der Waals surface area contributed by atoms with E-state index in [2.05, 4.69) is 10.3 Å². The fraction of sp³-hybridized carbons (Fsp3) is 0.733. The van der Waals surface area contributed by atoms with Gasteiger partial charge in [-0.15, -0.1) is 11.3 Å². The van der Waals surface area contributed by atoms with Crippen LogP contribution in [-0.2, 0) is 11.3 Å². The van der Waals surface area contributed by atoms with Crippen LogP contribution in [0.3, 0.4) is 0 Å². The van der Waals surface area contributed by atoms with Crippen LogP contribution < -0.4 is 10.2 Å². The summed E-state index contributed by atoms with van der Waals surface area (Å²) in [4.78, 5) is 17.7. The van der Waals surface area contributed by atoms with E-state index in [1.165, 1.54) is 32.1 Å². The molecule has 1 amide bonds. The molecule has 1 aliphatic rings. The first-order valence-electron chi connectivity index (χ1n) is 7.64. The molecule has 0 radical (unpaired) electrons. The van der Waals surface area contributed by atoms with Gasteiger partial charge in [-0.25, -0.2) is 4.98 Å². The highest BCUT2D eigenvalue weighted by Crippen LogP contribution is 2.27. The van der Waals surface area contributed by atoms with Gasteiger partial charge in [0.2, 0.25) is 5.91 Å². The Morgan fingerprint density at radius 1 is 1.50 bits per heavy atom. The second kappa shape index (κ2) is 7.74. The Balaban J connectivity index is 1.73. The predicted octanol–water partition coefficient (Wildman–Crippen LogP) is 3.19. The summed E-state index contributed by atoms with van der Waals surface area (Å²) in [5, 5.41) is 6.33. The molecule has 0 aliphatic heterocycles. The van der Waals surface area contributed by atoms with Crippen molar-refractivity contribution in [3.8, 4) is 0 Å². The van der Waals surface area contributed by atoms with Crippen LogP contribution in [0.15, 0.2) is 5.38 Å². The lowest BCUT2D eigenvalue weighted by atomic mass is 10.0. The van der Waals surface area contributed by atoms with Crippen molar-refractivity contribution >= 4 is 22.4 Å². The normalized spacial score (nSPS) is 15.7. The average molecular weight is 295 g/mol. The van der Waals surface area contributed by atoms with Crippen LogP contribution >= 0.6 is 11.3 Å². The van der Waals surface area contributed by atoms with Crippen LogP contribution in [0.2, 0.25) is 0 Å². The van der Waals surface area contributed by atoms with Crippen LogP contribution in [0.1, 0.15) is 51.6 Å². The van der Waals surface area contributed by atoms with Crippen LogP contribution in [-0.4, -0.2) is 24.0 Å². The first-order chi connectivity index (χ1) is 9.70. The van der Waals surface area contributed by atoms with Gasteiger partial charge in [0.15, 0.2) is 5.13 Å². The lowest BCUT2D eigenvalue weighted by molar-refractivity contribution is -0.116. The van der Waals surface area contributed by atoms with Gasteiger partial charge in [0.1, 0.15) is 0 Å². The molecule has 1 aromatic rings. The van der Waals surface area contributed by atoms with Gasteiger partial charge >= 0.3 is 0 Å². The highest BCUT2D eigenvalue weighted by atomic mass is 32.1. The van der Waals surface area contributed by atoms with E-state index in [1.807, 2.05) is 12.3 Å². The number of carbonyl (C=O) groups excluding carboxylic acids is 1. The van der Waals surface area contributed by atoms with Crippen LogP contribution in [0, 0.1) is 5.92 Å². The third-order valence-electron chi connectivity index (χ3n) is 3.98. The van der Waals surface area contributed by atoms with E-state index in [1.54, 1.807) is 23.2 Å².